The third-order valence-electron chi connectivity index (χ3n) is 5.27. The number of nitrogens with one attached hydrogen (secondary N) is 2. The predicted octanol–water partition coefficient (Wildman–Crippen LogP) is 5.83. The molecule has 0 fully saturated rings. The van der Waals surface area contributed by atoms with E-state index in [4.69, 9.17) is 0 Å². The molecule has 6 nitrogen and oxygen atoms in total. The average Bonchev–Trinajstić information content (AvgIpc) is 2.84. The largest absolute Gasteiger partial charge is 0.394 e. The van der Waals surface area contributed by atoms with E-state index in [9.17, 15) is 18.7 Å². The molecule has 0 amide bonds. The Morgan fingerprint density at radius 2 is 1.83 bits per heavy atom. The SMILES string of the molecule is CC.CCC(CO)Nc1cc2nc(Cc3ccc(-c4cc(F)cc(F)c4)nc3)[nH]c(=O)c2cc1Br. The molecule has 0 aliphatic heterocycles. The van der Waals surface area contributed by atoms with Crippen LogP contribution < -0.4 is 10.9 Å². The van der Waals surface area contributed by atoms with E-state index in [2.05, 4.69) is 36.2 Å². The summed E-state index contributed by atoms with van der Waals surface area (Å²) < 4.78 is 27.7. The van der Waals surface area contributed by atoms with Crippen molar-refractivity contribution in [3.63, 3.8) is 0 Å². The second-order valence-electron chi connectivity index (χ2n) is 7.68. The third-order valence-corrected chi connectivity index (χ3v) is 5.93. The Labute approximate surface area is 210 Å². The van der Waals surface area contributed by atoms with Crippen molar-refractivity contribution in [2.75, 3.05) is 11.9 Å². The molecule has 2 aromatic heterocycles. The van der Waals surface area contributed by atoms with Gasteiger partial charge in [0.25, 0.3) is 5.56 Å². The van der Waals surface area contributed by atoms with Crippen LogP contribution in [0.4, 0.5) is 14.5 Å². The molecule has 1 atom stereocenters. The Morgan fingerprint density at radius 1 is 1.11 bits per heavy atom. The van der Waals surface area contributed by atoms with E-state index in [0.717, 1.165) is 23.7 Å². The molecule has 1 unspecified atom stereocenters. The molecular formula is C26H27BrF2N4O2. The fourth-order valence-electron chi connectivity index (χ4n) is 3.49. The molecule has 0 aliphatic rings. The van der Waals surface area contributed by atoms with Crippen LogP contribution in [0.1, 0.15) is 38.6 Å². The molecule has 0 saturated carbocycles. The number of hydrogen-bond donors (Lipinski definition) is 3. The number of rotatable bonds is 7. The van der Waals surface area contributed by atoms with Gasteiger partial charge in [-0.05, 0) is 58.2 Å². The minimum Gasteiger partial charge on any atom is -0.394 e. The van der Waals surface area contributed by atoms with Crippen LogP contribution in [-0.4, -0.2) is 32.7 Å². The number of halogens is 3. The molecule has 0 saturated heterocycles. The second-order valence-corrected chi connectivity index (χ2v) is 8.53. The van der Waals surface area contributed by atoms with E-state index in [0.29, 0.717) is 38.9 Å². The number of benzene rings is 2. The molecule has 0 radical (unpaired) electrons. The van der Waals surface area contributed by atoms with Gasteiger partial charge in [-0.3, -0.25) is 9.78 Å². The van der Waals surface area contributed by atoms with Gasteiger partial charge in [-0.15, -0.1) is 0 Å². The molecular weight excluding hydrogens is 518 g/mol. The smallest absolute Gasteiger partial charge is 0.258 e. The predicted molar refractivity (Wildman–Crippen MR) is 139 cm³/mol. The average molecular weight is 545 g/mol. The molecule has 4 rings (SSSR count). The van der Waals surface area contributed by atoms with Gasteiger partial charge >= 0.3 is 0 Å². The number of H-pyrrole nitrogens is 1. The molecule has 2 aromatic carbocycles. The number of aliphatic hydroxyl groups is 1. The van der Waals surface area contributed by atoms with E-state index in [1.807, 2.05) is 20.8 Å². The van der Waals surface area contributed by atoms with Gasteiger partial charge in [0.05, 0.1) is 28.9 Å². The Hall–Kier alpha value is -3.17. The second kappa shape index (κ2) is 12.0. The van der Waals surface area contributed by atoms with Crippen molar-refractivity contribution in [3.05, 3.63) is 86.5 Å². The maximum atomic E-state index is 13.5. The highest BCUT2D eigenvalue weighted by Gasteiger charge is 2.12. The van der Waals surface area contributed by atoms with Gasteiger partial charge < -0.3 is 15.4 Å². The number of hydrogen-bond acceptors (Lipinski definition) is 5. The first-order valence-corrected chi connectivity index (χ1v) is 12.2. The first kappa shape index (κ1) is 26.4. The van der Waals surface area contributed by atoms with Crippen LogP contribution in [-0.2, 0) is 6.42 Å². The zero-order valence-electron chi connectivity index (χ0n) is 19.7. The first-order chi connectivity index (χ1) is 16.9. The Bertz CT molecular complexity index is 1340. The minimum atomic E-state index is -0.668. The van der Waals surface area contributed by atoms with E-state index in [1.54, 1.807) is 30.5 Å². The van der Waals surface area contributed by atoms with Gasteiger partial charge in [0.15, 0.2) is 0 Å². The van der Waals surface area contributed by atoms with E-state index in [1.165, 1.54) is 12.1 Å². The van der Waals surface area contributed by atoms with E-state index < -0.39 is 11.6 Å². The highest BCUT2D eigenvalue weighted by atomic mass is 79.9. The van der Waals surface area contributed by atoms with Gasteiger partial charge in [0.2, 0.25) is 0 Å². The lowest BCUT2D eigenvalue weighted by Gasteiger charge is -2.17. The summed E-state index contributed by atoms with van der Waals surface area (Å²) in [6, 6.07) is 10.1. The fraction of sp³-hybridized carbons (Fsp3) is 0.269. The van der Waals surface area contributed by atoms with Gasteiger partial charge in [-0.1, -0.05) is 26.8 Å². The summed E-state index contributed by atoms with van der Waals surface area (Å²) in [5.41, 5.74) is 2.55. The van der Waals surface area contributed by atoms with Crippen molar-refractivity contribution in [1.29, 1.82) is 0 Å². The number of aromatic amines is 1. The molecule has 2 heterocycles. The Kier molecular flexibility index (Phi) is 9.06. The zero-order valence-corrected chi connectivity index (χ0v) is 21.3. The Morgan fingerprint density at radius 3 is 2.43 bits per heavy atom. The van der Waals surface area contributed by atoms with Crippen LogP contribution in [0.15, 0.2) is 57.9 Å². The van der Waals surface area contributed by atoms with Crippen molar-refractivity contribution in [2.45, 2.75) is 39.7 Å². The molecule has 184 valence electrons. The monoisotopic (exact) mass is 544 g/mol. The summed E-state index contributed by atoms with van der Waals surface area (Å²) >= 11 is 3.47. The highest BCUT2D eigenvalue weighted by Crippen LogP contribution is 2.27. The van der Waals surface area contributed by atoms with Crippen molar-refractivity contribution >= 4 is 32.5 Å². The van der Waals surface area contributed by atoms with Crippen LogP contribution in [0.25, 0.3) is 22.2 Å². The van der Waals surface area contributed by atoms with Crippen molar-refractivity contribution < 1.29 is 13.9 Å². The number of fused-ring (bicyclic) bond motifs is 1. The molecule has 35 heavy (non-hydrogen) atoms. The van der Waals surface area contributed by atoms with Crippen LogP contribution in [0.3, 0.4) is 0 Å². The van der Waals surface area contributed by atoms with Crippen LogP contribution in [0.2, 0.25) is 0 Å². The number of aromatic nitrogens is 3. The molecule has 0 aliphatic carbocycles. The third kappa shape index (κ3) is 6.49. The minimum absolute atomic E-state index is 0.0136. The van der Waals surface area contributed by atoms with Crippen LogP contribution >= 0.6 is 15.9 Å². The zero-order chi connectivity index (χ0) is 25.5. The van der Waals surface area contributed by atoms with Crippen LogP contribution in [0, 0.1) is 11.6 Å². The molecule has 3 N–H and O–H groups in total. The summed E-state index contributed by atoms with van der Waals surface area (Å²) in [6.07, 6.45) is 2.65. The molecule has 9 heteroatoms. The number of nitrogens with zero attached hydrogens (tertiary/aromatic N) is 2. The summed E-state index contributed by atoms with van der Waals surface area (Å²) in [4.78, 5) is 24.3. The first-order valence-electron chi connectivity index (χ1n) is 11.4. The summed E-state index contributed by atoms with van der Waals surface area (Å²) in [7, 11) is 0. The summed E-state index contributed by atoms with van der Waals surface area (Å²) in [6.45, 7) is 5.95. The van der Waals surface area contributed by atoms with Crippen molar-refractivity contribution in [3.8, 4) is 11.3 Å². The van der Waals surface area contributed by atoms with Crippen molar-refractivity contribution in [2.24, 2.45) is 0 Å². The number of aliphatic hydroxyl groups excluding tert-OH is 1. The summed E-state index contributed by atoms with van der Waals surface area (Å²) in [5.74, 6) is -0.876. The van der Waals surface area contributed by atoms with E-state index >= 15 is 0 Å². The fourth-order valence-corrected chi connectivity index (χ4v) is 3.95. The lowest BCUT2D eigenvalue weighted by molar-refractivity contribution is 0.272. The normalized spacial score (nSPS) is 11.6. The highest BCUT2D eigenvalue weighted by molar-refractivity contribution is 9.10. The topological polar surface area (TPSA) is 90.9 Å². The maximum Gasteiger partial charge on any atom is 0.258 e. The van der Waals surface area contributed by atoms with Crippen molar-refractivity contribution in [1.82, 2.24) is 15.0 Å². The number of anilines is 1. The van der Waals surface area contributed by atoms with Crippen LogP contribution in [0.5, 0.6) is 0 Å². The van der Waals surface area contributed by atoms with Gasteiger partial charge in [0, 0.05) is 34.8 Å². The molecule has 4 aromatic rings. The lowest BCUT2D eigenvalue weighted by Crippen LogP contribution is -2.23. The number of pyridine rings is 1. The molecule has 0 spiro atoms. The standard InChI is InChI=1S/C24H21BrF2N4O2.C2H6/c1-2-17(12-32)29-22-10-21-18(9-19(22)25)24(33)31-23(30-21)5-13-3-4-20(28-11-13)14-6-15(26)8-16(27)7-14;1-2/h3-4,6-11,17,29,32H,2,5,12H2,1H3,(H,30,31,33);1-2H3. The quantitative estimate of drug-likeness (QED) is 0.272. The van der Waals surface area contributed by atoms with E-state index in [-0.39, 0.29) is 18.2 Å². The Balaban J connectivity index is 0.00000167. The molecule has 0 bridgehead atoms. The van der Waals surface area contributed by atoms with Gasteiger partial charge in [0.1, 0.15) is 17.5 Å². The lowest BCUT2D eigenvalue weighted by atomic mass is 10.1. The van der Waals surface area contributed by atoms with Gasteiger partial charge in [-0.25, -0.2) is 13.8 Å². The van der Waals surface area contributed by atoms with Gasteiger partial charge in [-0.2, -0.15) is 0 Å². The summed E-state index contributed by atoms with van der Waals surface area (Å²) in [5, 5.41) is 13.2. The maximum absolute atomic E-state index is 13.5.